The first kappa shape index (κ1) is 6.99. The molecule has 0 aromatic rings. The molecule has 2 atom stereocenters. The van der Waals surface area contributed by atoms with Crippen LogP contribution >= 0.6 is 0 Å². The number of hydrogen-bond acceptors (Lipinski definition) is 3. The maximum atomic E-state index is 9.06. The molecule has 1 fully saturated rings. The van der Waals surface area contributed by atoms with Crippen LogP contribution in [0.4, 0.5) is 0 Å². The molecule has 54 valence electrons. The van der Waals surface area contributed by atoms with Crippen molar-refractivity contribution in [1.82, 2.24) is 4.90 Å². The number of likely N-dealkylation sites (N-methyl/N-ethyl adjacent to an activating group) is 1. The summed E-state index contributed by atoms with van der Waals surface area (Å²) >= 11 is 0. The topological polar surface area (TPSA) is 43.7 Å². The molecule has 0 saturated carbocycles. The van der Waals surface area contributed by atoms with Gasteiger partial charge in [0.05, 0.1) is 12.2 Å². The Morgan fingerprint density at radius 3 is 2.44 bits per heavy atom. The van der Waals surface area contributed by atoms with E-state index in [0.717, 1.165) is 6.54 Å². The molecule has 0 aliphatic carbocycles. The van der Waals surface area contributed by atoms with E-state index in [2.05, 4.69) is 0 Å². The average Bonchev–Trinajstić information content (AvgIpc) is 1.80. The largest absolute Gasteiger partial charge is 0.390 e. The minimum absolute atomic E-state index is 0.499. The van der Waals surface area contributed by atoms with Crippen molar-refractivity contribution < 1.29 is 10.2 Å². The third kappa shape index (κ3) is 1.64. The minimum Gasteiger partial charge on any atom is -0.390 e. The van der Waals surface area contributed by atoms with Gasteiger partial charge in [0, 0.05) is 13.1 Å². The van der Waals surface area contributed by atoms with Crippen LogP contribution in [0, 0.1) is 0 Å². The first-order valence-corrected chi connectivity index (χ1v) is 3.25. The summed E-state index contributed by atoms with van der Waals surface area (Å²) in [6, 6.07) is 0. The Bertz CT molecular complexity index is 97.1. The lowest BCUT2D eigenvalue weighted by Crippen LogP contribution is -2.44. The molecule has 0 radical (unpaired) electrons. The van der Waals surface area contributed by atoms with Crippen LogP contribution in [-0.2, 0) is 0 Å². The second kappa shape index (κ2) is 2.64. The van der Waals surface area contributed by atoms with Crippen LogP contribution < -0.4 is 0 Å². The van der Waals surface area contributed by atoms with Crippen molar-refractivity contribution in [3.63, 3.8) is 0 Å². The zero-order valence-electron chi connectivity index (χ0n) is 5.62. The van der Waals surface area contributed by atoms with E-state index >= 15 is 0 Å². The molecule has 9 heavy (non-hydrogen) atoms. The number of rotatable bonds is 0. The molecule has 0 aromatic heterocycles. The van der Waals surface area contributed by atoms with Crippen LogP contribution in [0.2, 0.25) is 0 Å². The summed E-state index contributed by atoms with van der Waals surface area (Å²) in [4.78, 5) is 2.01. The maximum Gasteiger partial charge on any atom is 0.0925 e. The molecule has 2 N–H and O–H groups in total. The summed E-state index contributed by atoms with van der Waals surface area (Å²) < 4.78 is 0. The fraction of sp³-hybridized carbons (Fsp3) is 1.00. The monoisotopic (exact) mass is 131 g/mol. The summed E-state index contributed by atoms with van der Waals surface area (Å²) in [5.74, 6) is 0. The number of aliphatic hydroxyl groups is 2. The lowest BCUT2D eigenvalue weighted by atomic mass is 10.1. The Kier molecular flexibility index (Phi) is 2.05. The third-order valence-electron chi connectivity index (χ3n) is 1.75. The third-order valence-corrected chi connectivity index (χ3v) is 1.75. The smallest absolute Gasteiger partial charge is 0.0925 e. The van der Waals surface area contributed by atoms with Gasteiger partial charge in [0.1, 0.15) is 0 Å². The predicted octanol–water partition coefficient (Wildman–Crippen LogP) is -0.956. The number of hydrogen-bond donors (Lipinski definition) is 2. The Morgan fingerprint density at radius 1 is 1.33 bits per heavy atom. The van der Waals surface area contributed by atoms with Gasteiger partial charge < -0.3 is 15.1 Å². The van der Waals surface area contributed by atoms with Crippen molar-refractivity contribution in [2.45, 2.75) is 18.6 Å². The molecule has 0 unspecified atom stereocenters. The van der Waals surface area contributed by atoms with Crippen molar-refractivity contribution in [1.29, 1.82) is 0 Å². The van der Waals surface area contributed by atoms with Gasteiger partial charge in [-0.05, 0) is 13.5 Å². The van der Waals surface area contributed by atoms with Crippen LogP contribution in [0.25, 0.3) is 0 Å². The quantitative estimate of drug-likeness (QED) is 0.445. The zero-order valence-corrected chi connectivity index (χ0v) is 5.62. The highest BCUT2D eigenvalue weighted by Gasteiger charge is 2.22. The van der Waals surface area contributed by atoms with Gasteiger partial charge in [0.15, 0.2) is 0 Å². The van der Waals surface area contributed by atoms with E-state index in [1.165, 1.54) is 0 Å². The lowest BCUT2D eigenvalue weighted by Gasteiger charge is -2.30. The fourth-order valence-corrected chi connectivity index (χ4v) is 1.08. The fourth-order valence-electron chi connectivity index (χ4n) is 1.08. The molecule has 1 rings (SSSR count). The van der Waals surface area contributed by atoms with Gasteiger partial charge in [-0.3, -0.25) is 0 Å². The number of nitrogens with zero attached hydrogens (tertiary/aromatic N) is 1. The molecule has 1 aliphatic heterocycles. The first-order valence-electron chi connectivity index (χ1n) is 3.25. The molecule has 0 amide bonds. The van der Waals surface area contributed by atoms with E-state index in [9.17, 15) is 0 Å². The van der Waals surface area contributed by atoms with Crippen LogP contribution in [0.1, 0.15) is 6.42 Å². The Balaban J connectivity index is 2.35. The molecule has 0 spiro atoms. The van der Waals surface area contributed by atoms with Gasteiger partial charge in [-0.1, -0.05) is 0 Å². The van der Waals surface area contributed by atoms with Crippen LogP contribution in [0.3, 0.4) is 0 Å². The molecule has 0 bridgehead atoms. The molecule has 0 aromatic carbocycles. The number of β-amino-alcohol motifs (C(OH)–C–C–N with tert-alkyl or cyclic N) is 1. The van der Waals surface area contributed by atoms with Crippen molar-refractivity contribution in [3.8, 4) is 0 Å². The molecular weight excluding hydrogens is 118 g/mol. The van der Waals surface area contributed by atoms with E-state index < -0.39 is 12.2 Å². The van der Waals surface area contributed by atoms with Crippen LogP contribution in [0.5, 0.6) is 0 Å². The number of likely N-dealkylation sites (tertiary alicyclic amines) is 1. The number of aliphatic hydroxyl groups excluding tert-OH is 2. The Labute approximate surface area is 54.9 Å². The molecule has 1 saturated heterocycles. The summed E-state index contributed by atoms with van der Waals surface area (Å²) in [6.45, 7) is 1.49. The standard InChI is InChI=1S/C6H13NO2/c1-7-3-2-5(8)6(9)4-7/h5-6,8-9H,2-4H2,1H3/t5-,6-/m0/s1. The molecule has 3 heteroatoms. The van der Waals surface area contributed by atoms with E-state index in [1.807, 2.05) is 11.9 Å². The van der Waals surface area contributed by atoms with Gasteiger partial charge in [-0.15, -0.1) is 0 Å². The van der Waals surface area contributed by atoms with Gasteiger partial charge in [0.2, 0.25) is 0 Å². The van der Waals surface area contributed by atoms with Crippen molar-refractivity contribution >= 4 is 0 Å². The summed E-state index contributed by atoms with van der Waals surface area (Å²) in [7, 11) is 1.94. The summed E-state index contributed by atoms with van der Waals surface area (Å²) in [5, 5.41) is 18.1. The van der Waals surface area contributed by atoms with Crippen molar-refractivity contribution in [3.05, 3.63) is 0 Å². The van der Waals surface area contributed by atoms with Crippen molar-refractivity contribution in [2.24, 2.45) is 0 Å². The maximum absolute atomic E-state index is 9.06. The van der Waals surface area contributed by atoms with Crippen molar-refractivity contribution in [2.75, 3.05) is 20.1 Å². The van der Waals surface area contributed by atoms with Gasteiger partial charge in [0.25, 0.3) is 0 Å². The molecule has 1 aliphatic rings. The van der Waals surface area contributed by atoms with Crippen LogP contribution in [-0.4, -0.2) is 47.5 Å². The molecule has 1 heterocycles. The van der Waals surface area contributed by atoms with Gasteiger partial charge in [-0.25, -0.2) is 0 Å². The zero-order chi connectivity index (χ0) is 6.85. The van der Waals surface area contributed by atoms with Gasteiger partial charge in [-0.2, -0.15) is 0 Å². The van der Waals surface area contributed by atoms with Crippen LogP contribution in [0.15, 0.2) is 0 Å². The average molecular weight is 131 g/mol. The van der Waals surface area contributed by atoms with E-state index in [1.54, 1.807) is 0 Å². The van der Waals surface area contributed by atoms with E-state index in [4.69, 9.17) is 10.2 Å². The second-order valence-corrected chi connectivity index (χ2v) is 2.69. The number of piperidine rings is 1. The highest BCUT2D eigenvalue weighted by molar-refractivity contribution is 4.76. The SMILES string of the molecule is CN1CC[C@H](O)[C@@H](O)C1. The van der Waals surface area contributed by atoms with Gasteiger partial charge >= 0.3 is 0 Å². The lowest BCUT2D eigenvalue weighted by molar-refractivity contribution is -0.0318. The Morgan fingerprint density at radius 2 is 2.00 bits per heavy atom. The van der Waals surface area contributed by atoms with E-state index in [0.29, 0.717) is 13.0 Å². The highest BCUT2D eigenvalue weighted by atomic mass is 16.3. The summed E-state index contributed by atoms with van der Waals surface area (Å²) in [6.07, 6.45) is -0.345. The molecule has 3 nitrogen and oxygen atoms in total. The molecular formula is C6H13NO2. The van der Waals surface area contributed by atoms with E-state index in [-0.39, 0.29) is 0 Å². The highest BCUT2D eigenvalue weighted by Crippen LogP contribution is 2.07. The summed E-state index contributed by atoms with van der Waals surface area (Å²) in [5.41, 5.74) is 0. The predicted molar refractivity (Wildman–Crippen MR) is 34.1 cm³/mol. The minimum atomic E-state index is -0.538. The Hall–Kier alpha value is -0.120. The normalized spacial score (nSPS) is 39.0. The first-order chi connectivity index (χ1) is 4.20. The second-order valence-electron chi connectivity index (χ2n) is 2.69.